The maximum atomic E-state index is 12.4. The molecule has 1 atom stereocenters. The molecule has 0 unspecified atom stereocenters. The summed E-state index contributed by atoms with van der Waals surface area (Å²) in [6.45, 7) is 1.87. The molecule has 0 aliphatic carbocycles. The first kappa shape index (κ1) is 17.0. The van der Waals surface area contributed by atoms with Gasteiger partial charge in [-0.2, -0.15) is 0 Å². The molecule has 3 rings (SSSR count). The number of nitrogens with one attached hydrogen (secondary N) is 1. The highest BCUT2D eigenvalue weighted by atomic mass is 35.5. The second kappa shape index (κ2) is 6.93. The number of thiocarbonyl (C=S) groups is 1. The van der Waals surface area contributed by atoms with E-state index in [0.717, 1.165) is 16.3 Å². The van der Waals surface area contributed by atoms with Gasteiger partial charge < -0.3 is 10.1 Å². The van der Waals surface area contributed by atoms with E-state index in [-0.39, 0.29) is 12.0 Å². The van der Waals surface area contributed by atoms with Crippen molar-refractivity contribution in [2.45, 2.75) is 13.0 Å². The van der Waals surface area contributed by atoms with Crippen LogP contribution in [0.5, 0.6) is 0 Å². The van der Waals surface area contributed by atoms with Crippen LogP contribution in [0.1, 0.15) is 17.8 Å². The summed E-state index contributed by atoms with van der Waals surface area (Å²) in [5.41, 5.74) is 2.12. The molecule has 124 valence electrons. The summed E-state index contributed by atoms with van der Waals surface area (Å²) in [6.07, 6.45) is 0. The van der Waals surface area contributed by atoms with E-state index in [9.17, 15) is 4.79 Å². The molecule has 1 aromatic carbocycles. The third-order valence-corrected chi connectivity index (χ3v) is 5.29. The van der Waals surface area contributed by atoms with E-state index in [1.807, 2.05) is 41.5 Å². The first-order chi connectivity index (χ1) is 11.5. The van der Waals surface area contributed by atoms with Crippen LogP contribution >= 0.6 is 35.2 Å². The summed E-state index contributed by atoms with van der Waals surface area (Å²) >= 11 is 13.1. The molecule has 0 spiro atoms. The second-order valence-electron chi connectivity index (χ2n) is 5.20. The number of allylic oxidation sites excluding steroid dienone is 1. The molecule has 1 aliphatic rings. The third-order valence-electron chi connectivity index (χ3n) is 3.80. The molecule has 0 saturated heterocycles. The predicted molar refractivity (Wildman–Crippen MR) is 101 cm³/mol. The Morgan fingerprint density at radius 1 is 1.33 bits per heavy atom. The lowest BCUT2D eigenvalue weighted by atomic mass is 10.0. The quantitative estimate of drug-likeness (QED) is 0.637. The summed E-state index contributed by atoms with van der Waals surface area (Å²) in [4.78, 5) is 15.2. The molecule has 1 aromatic heterocycles. The van der Waals surface area contributed by atoms with Crippen molar-refractivity contribution in [2.24, 2.45) is 0 Å². The highest BCUT2D eigenvalue weighted by molar-refractivity contribution is 7.80. The van der Waals surface area contributed by atoms with E-state index < -0.39 is 0 Å². The van der Waals surface area contributed by atoms with Crippen LogP contribution in [0.2, 0.25) is 5.02 Å². The minimum atomic E-state index is -0.375. The topological polar surface area (TPSA) is 41.6 Å². The number of hydrogen-bond donors (Lipinski definition) is 1. The number of hydrogen-bond acceptors (Lipinski definition) is 4. The van der Waals surface area contributed by atoms with E-state index >= 15 is 0 Å². The fraction of sp³-hybridized carbons (Fsp3) is 0.176. The van der Waals surface area contributed by atoms with Gasteiger partial charge in [0.15, 0.2) is 5.11 Å². The standard InChI is InChI=1S/C17H15ClN2O2S2/c1-10-14(16(21)22-2)15(13-4-3-9-24-13)19-17(23)20(10)12-7-5-11(18)6-8-12/h3-9,15H,1-2H3,(H,19,23)/t15-/m0/s1. The number of carbonyl (C=O) groups excluding carboxylic acids is 1. The van der Waals surface area contributed by atoms with Crippen LogP contribution in [0.4, 0.5) is 5.69 Å². The van der Waals surface area contributed by atoms with Gasteiger partial charge in [-0.05, 0) is 54.9 Å². The summed E-state index contributed by atoms with van der Waals surface area (Å²) in [7, 11) is 1.38. The molecule has 0 radical (unpaired) electrons. The van der Waals surface area contributed by atoms with Crippen molar-refractivity contribution in [1.82, 2.24) is 5.32 Å². The van der Waals surface area contributed by atoms with Gasteiger partial charge in [-0.25, -0.2) is 4.79 Å². The van der Waals surface area contributed by atoms with Crippen LogP contribution in [0.3, 0.4) is 0 Å². The number of rotatable bonds is 3. The zero-order valence-electron chi connectivity index (χ0n) is 13.1. The molecule has 4 nitrogen and oxygen atoms in total. The zero-order valence-corrected chi connectivity index (χ0v) is 15.5. The van der Waals surface area contributed by atoms with Crippen molar-refractivity contribution < 1.29 is 9.53 Å². The van der Waals surface area contributed by atoms with Gasteiger partial charge in [-0.3, -0.25) is 4.90 Å². The molecular weight excluding hydrogens is 364 g/mol. The van der Waals surface area contributed by atoms with Crippen molar-refractivity contribution in [3.05, 3.63) is 62.9 Å². The number of benzene rings is 1. The highest BCUT2D eigenvalue weighted by Crippen LogP contribution is 2.35. The Kier molecular flexibility index (Phi) is 4.89. The van der Waals surface area contributed by atoms with Crippen molar-refractivity contribution in [1.29, 1.82) is 0 Å². The summed E-state index contributed by atoms with van der Waals surface area (Å²) < 4.78 is 5.00. The minimum absolute atomic E-state index is 0.312. The number of esters is 1. The Labute approximate surface area is 154 Å². The van der Waals surface area contributed by atoms with E-state index in [2.05, 4.69) is 5.32 Å². The Bertz CT molecular complexity index is 801. The van der Waals surface area contributed by atoms with E-state index in [1.54, 1.807) is 23.5 Å². The largest absolute Gasteiger partial charge is 0.466 e. The normalized spacial score (nSPS) is 17.7. The lowest BCUT2D eigenvalue weighted by molar-refractivity contribution is -0.136. The molecule has 2 aromatic rings. The van der Waals surface area contributed by atoms with Crippen LogP contribution in [-0.2, 0) is 9.53 Å². The fourth-order valence-corrected chi connectivity index (χ4v) is 3.96. The van der Waals surface area contributed by atoms with Crippen molar-refractivity contribution in [3.63, 3.8) is 0 Å². The average molecular weight is 379 g/mol. The number of ether oxygens (including phenoxy) is 1. The second-order valence-corrected chi connectivity index (χ2v) is 7.00. The van der Waals surface area contributed by atoms with Crippen molar-refractivity contribution >= 4 is 51.9 Å². The lowest BCUT2D eigenvalue weighted by Gasteiger charge is -2.37. The van der Waals surface area contributed by atoms with Crippen molar-refractivity contribution in [3.8, 4) is 0 Å². The molecule has 0 bridgehead atoms. The lowest BCUT2D eigenvalue weighted by Crippen LogP contribution is -2.47. The Morgan fingerprint density at radius 3 is 2.62 bits per heavy atom. The SMILES string of the molecule is COC(=O)C1=C(C)N(c2ccc(Cl)cc2)C(=S)N[C@H]1c1cccs1. The van der Waals surface area contributed by atoms with Crippen LogP contribution in [0.15, 0.2) is 53.0 Å². The molecule has 2 heterocycles. The van der Waals surface area contributed by atoms with Gasteiger partial charge in [-0.15, -0.1) is 11.3 Å². The predicted octanol–water partition coefficient (Wildman–Crippen LogP) is 4.28. The average Bonchev–Trinajstić information content (AvgIpc) is 3.10. The third kappa shape index (κ3) is 3.05. The molecule has 0 fully saturated rings. The van der Waals surface area contributed by atoms with Gasteiger partial charge in [0.2, 0.25) is 0 Å². The number of nitrogens with zero attached hydrogens (tertiary/aromatic N) is 1. The Hall–Kier alpha value is -1.89. The summed E-state index contributed by atoms with van der Waals surface area (Å²) in [6, 6.07) is 10.9. The Balaban J connectivity index is 2.12. The van der Waals surface area contributed by atoms with Gasteiger partial charge in [0.25, 0.3) is 0 Å². The van der Waals surface area contributed by atoms with Gasteiger partial charge in [-0.1, -0.05) is 17.7 Å². The van der Waals surface area contributed by atoms with E-state index in [0.29, 0.717) is 15.7 Å². The number of halogens is 1. The molecule has 24 heavy (non-hydrogen) atoms. The van der Waals surface area contributed by atoms with Crippen molar-refractivity contribution in [2.75, 3.05) is 12.0 Å². The van der Waals surface area contributed by atoms with Gasteiger partial charge in [0.05, 0.1) is 18.7 Å². The number of methoxy groups -OCH3 is 1. The molecule has 1 N–H and O–H groups in total. The molecule has 0 saturated carbocycles. The fourth-order valence-electron chi connectivity index (χ4n) is 2.69. The summed E-state index contributed by atoms with van der Waals surface area (Å²) in [5, 5.41) is 6.39. The minimum Gasteiger partial charge on any atom is -0.466 e. The summed E-state index contributed by atoms with van der Waals surface area (Å²) in [5.74, 6) is -0.375. The zero-order chi connectivity index (χ0) is 17.3. The number of carbonyl (C=O) groups is 1. The van der Waals surface area contributed by atoms with Crippen LogP contribution in [0, 0.1) is 0 Å². The van der Waals surface area contributed by atoms with Gasteiger partial charge in [0.1, 0.15) is 0 Å². The maximum absolute atomic E-state index is 12.4. The number of thiophene rings is 1. The Morgan fingerprint density at radius 2 is 2.04 bits per heavy atom. The molecule has 7 heteroatoms. The smallest absolute Gasteiger partial charge is 0.338 e. The van der Waals surface area contributed by atoms with Crippen LogP contribution < -0.4 is 10.2 Å². The highest BCUT2D eigenvalue weighted by Gasteiger charge is 2.35. The van der Waals surface area contributed by atoms with E-state index in [1.165, 1.54) is 7.11 Å². The molecule has 0 amide bonds. The van der Waals surface area contributed by atoms with Gasteiger partial charge in [0, 0.05) is 21.3 Å². The molecule has 1 aliphatic heterocycles. The molecular formula is C17H15ClN2O2S2. The number of anilines is 1. The maximum Gasteiger partial charge on any atom is 0.338 e. The van der Waals surface area contributed by atoms with Crippen LogP contribution in [-0.4, -0.2) is 18.2 Å². The van der Waals surface area contributed by atoms with Gasteiger partial charge >= 0.3 is 5.97 Å². The van der Waals surface area contributed by atoms with E-state index in [4.69, 9.17) is 28.6 Å². The first-order valence-corrected chi connectivity index (χ1v) is 8.88. The van der Waals surface area contributed by atoms with Crippen LogP contribution in [0.25, 0.3) is 0 Å². The first-order valence-electron chi connectivity index (χ1n) is 7.21. The monoisotopic (exact) mass is 378 g/mol.